The molecule has 2 N–H and O–H groups in total. The van der Waals surface area contributed by atoms with Crippen molar-refractivity contribution in [2.45, 2.75) is 29.6 Å². The van der Waals surface area contributed by atoms with Gasteiger partial charge in [-0.2, -0.15) is 8.78 Å². The highest BCUT2D eigenvalue weighted by Gasteiger charge is 2.23. The molecule has 0 aromatic heterocycles. The van der Waals surface area contributed by atoms with E-state index in [1.54, 1.807) is 36.4 Å². The van der Waals surface area contributed by atoms with Crippen molar-refractivity contribution in [3.63, 3.8) is 0 Å². The van der Waals surface area contributed by atoms with Gasteiger partial charge in [-0.25, -0.2) is 0 Å². The van der Waals surface area contributed by atoms with E-state index in [0.717, 1.165) is 6.42 Å². The van der Waals surface area contributed by atoms with Crippen LogP contribution in [0.1, 0.15) is 23.2 Å². The van der Waals surface area contributed by atoms with Crippen molar-refractivity contribution in [1.29, 1.82) is 0 Å². The maximum absolute atomic E-state index is 12.4. The minimum atomic E-state index is -2.49. The number of nitrogens with one attached hydrogen (secondary N) is 2. The van der Waals surface area contributed by atoms with Crippen LogP contribution in [0.15, 0.2) is 53.4 Å². The Morgan fingerprint density at radius 1 is 1.07 bits per heavy atom. The second-order valence-corrected chi connectivity index (χ2v) is 6.99. The average molecular weight is 392 g/mol. The van der Waals surface area contributed by atoms with Gasteiger partial charge in [-0.15, -0.1) is 0 Å². The molecule has 27 heavy (non-hydrogen) atoms. The molecule has 5 nitrogen and oxygen atoms in total. The molecule has 1 fully saturated rings. The third-order valence-corrected chi connectivity index (χ3v) is 4.67. The van der Waals surface area contributed by atoms with Gasteiger partial charge in [-0.3, -0.25) is 9.59 Å². The molecule has 2 amide bonds. The third-order valence-electron chi connectivity index (χ3n) is 3.95. The lowest BCUT2D eigenvalue weighted by Crippen LogP contribution is -2.27. The Hall–Kier alpha value is -2.45. The summed E-state index contributed by atoms with van der Waals surface area (Å²) in [6.45, 7) is 0.579. The second kappa shape index (κ2) is 8.96. The normalized spacial score (nSPS) is 16.3. The molecule has 2 aromatic carbocycles. The molecule has 142 valence electrons. The summed E-state index contributed by atoms with van der Waals surface area (Å²) in [5.41, 5.74) is 1.37. The van der Waals surface area contributed by atoms with Crippen molar-refractivity contribution in [1.82, 2.24) is 0 Å². The van der Waals surface area contributed by atoms with Crippen molar-refractivity contribution < 1.29 is 23.1 Å². The minimum absolute atomic E-state index is 0.225. The highest BCUT2D eigenvalue weighted by molar-refractivity contribution is 7.99. The smallest absolute Gasteiger partial charge is 0.288 e. The molecule has 0 radical (unpaired) electrons. The molecule has 1 heterocycles. The minimum Gasteiger partial charge on any atom is -0.368 e. The maximum atomic E-state index is 12.4. The SMILES string of the molecule is O=C(Nc1ccc(SC(F)F)cc1)c1cccc(NC(=O)C2CCCO2)c1. The van der Waals surface area contributed by atoms with Gasteiger partial charge in [0.15, 0.2) is 0 Å². The lowest BCUT2D eigenvalue weighted by atomic mass is 10.1. The van der Waals surface area contributed by atoms with E-state index >= 15 is 0 Å². The van der Waals surface area contributed by atoms with Gasteiger partial charge in [-0.05, 0) is 55.3 Å². The molecule has 1 atom stereocenters. The summed E-state index contributed by atoms with van der Waals surface area (Å²) in [6, 6.07) is 12.7. The quantitative estimate of drug-likeness (QED) is 0.717. The van der Waals surface area contributed by atoms with Crippen LogP contribution in [0.2, 0.25) is 0 Å². The van der Waals surface area contributed by atoms with Crippen molar-refractivity contribution >= 4 is 35.0 Å². The van der Waals surface area contributed by atoms with Crippen LogP contribution >= 0.6 is 11.8 Å². The molecule has 1 saturated heterocycles. The molecule has 1 aliphatic rings. The summed E-state index contributed by atoms with van der Waals surface area (Å²) >= 11 is 0.444. The van der Waals surface area contributed by atoms with Crippen LogP contribution in [-0.4, -0.2) is 30.3 Å². The standard InChI is InChI=1S/C19H18F2N2O3S/c20-19(21)27-15-8-6-13(7-9-15)22-17(24)12-3-1-4-14(11-12)23-18(25)16-5-2-10-26-16/h1,3-4,6-9,11,16,19H,2,5,10H2,(H,22,24)(H,23,25). The molecular formula is C19H18F2N2O3S. The zero-order chi connectivity index (χ0) is 19.2. The van der Waals surface area contributed by atoms with Gasteiger partial charge in [0.25, 0.3) is 17.6 Å². The van der Waals surface area contributed by atoms with Gasteiger partial charge in [0.1, 0.15) is 6.10 Å². The van der Waals surface area contributed by atoms with Crippen LogP contribution in [0.4, 0.5) is 20.2 Å². The van der Waals surface area contributed by atoms with Crippen molar-refractivity contribution in [3.05, 3.63) is 54.1 Å². The summed E-state index contributed by atoms with van der Waals surface area (Å²) in [4.78, 5) is 24.9. The predicted molar refractivity (Wildman–Crippen MR) is 100 cm³/mol. The third kappa shape index (κ3) is 5.51. The number of alkyl halides is 2. The molecule has 0 saturated carbocycles. The second-order valence-electron chi connectivity index (χ2n) is 5.93. The maximum Gasteiger partial charge on any atom is 0.288 e. The van der Waals surface area contributed by atoms with Gasteiger partial charge in [-0.1, -0.05) is 17.8 Å². The van der Waals surface area contributed by atoms with Gasteiger partial charge in [0, 0.05) is 28.4 Å². The fraction of sp³-hybridized carbons (Fsp3) is 0.263. The molecule has 0 aliphatic carbocycles. The Kier molecular flexibility index (Phi) is 6.41. The summed E-state index contributed by atoms with van der Waals surface area (Å²) in [5, 5.41) is 5.45. The van der Waals surface area contributed by atoms with E-state index in [1.165, 1.54) is 12.1 Å². The first kappa shape index (κ1) is 19.3. The predicted octanol–water partition coefficient (Wildman–Crippen LogP) is 4.37. The number of carbonyl (C=O) groups is 2. The largest absolute Gasteiger partial charge is 0.368 e. The first-order chi connectivity index (χ1) is 13.0. The van der Waals surface area contributed by atoms with Crippen LogP contribution < -0.4 is 10.6 Å². The number of hydrogen-bond acceptors (Lipinski definition) is 4. The van der Waals surface area contributed by atoms with Crippen molar-refractivity contribution in [2.75, 3.05) is 17.2 Å². The zero-order valence-electron chi connectivity index (χ0n) is 14.3. The highest BCUT2D eigenvalue weighted by Crippen LogP contribution is 2.26. The first-order valence-corrected chi connectivity index (χ1v) is 9.28. The topological polar surface area (TPSA) is 67.4 Å². The van der Waals surface area contributed by atoms with E-state index in [4.69, 9.17) is 4.74 Å². The monoisotopic (exact) mass is 392 g/mol. The van der Waals surface area contributed by atoms with Gasteiger partial charge in [0.05, 0.1) is 0 Å². The lowest BCUT2D eigenvalue weighted by molar-refractivity contribution is -0.124. The van der Waals surface area contributed by atoms with Crippen molar-refractivity contribution in [2.24, 2.45) is 0 Å². The van der Waals surface area contributed by atoms with Gasteiger partial charge < -0.3 is 15.4 Å². The number of hydrogen-bond donors (Lipinski definition) is 2. The van der Waals surface area contributed by atoms with Crippen LogP contribution in [-0.2, 0) is 9.53 Å². The Labute approximate surface area is 159 Å². The number of thioether (sulfide) groups is 1. The van der Waals surface area contributed by atoms with E-state index in [1.807, 2.05) is 0 Å². The number of halogens is 2. The molecule has 2 aromatic rings. The Bertz CT molecular complexity index is 809. The van der Waals surface area contributed by atoms with Gasteiger partial charge >= 0.3 is 0 Å². The number of benzene rings is 2. The summed E-state index contributed by atoms with van der Waals surface area (Å²) < 4.78 is 30.0. The number of carbonyl (C=O) groups excluding carboxylic acids is 2. The molecular weight excluding hydrogens is 374 g/mol. The van der Waals surface area contributed by atoms with Crippen LogP contribution in [0.5, 0.6) is 0 Å². The zero-order valence-corrected chi connectivity index (χ0v) is 15.1. The molecule has 0 spiro atoms. The van der Waals surface area contributed by atoms with Crippen LogP contribution in [0, 0.1) is 0 Å². The summed E-state index contributed by atoms with van der Waals surface area (Å²) in [5.74, 6) is -3.08. The van der Waals surface area contributed by atoms with E-state index in [9.17, 15) is 18.4 Å². The van der Waals surface area contributed by atoms with Crippen LogP contribution in [0.25, 0.3) is 0 Å². The number of amides is 2. The molecule has 0 bridgehead atoms. The number of ether oxygens (including phenoxy) is 1. The van der Waals surface area contributed by atoms with E-state index in [0.29, 0.717) is 46.6 Å². The molecule has 3 rings (SSSR count). The fourth-order valence-corrected chi connectivity index (χ4v) is 3.17. The summed E-state index contributed by atoms with van der Waals surface area (Å²) in [7, 11) is 0. The fourth-order valence-electron chi connectivity index (χ4n) is 2.67. The van der Waals surface area contributed by atoms with Gasteiger partial charge in [0.2, 0.25) is 0 Å². The van der Waals surface area contributed by atoms with E-state index in [-0.39, 0.29) is 11.8 Å². The first-order valence-electron chi connectivity index (χ1n) is 8.40. The van der Waals surface area contributed by atoms with Crippen molar-refractivity contribution in [3.8, 4) is 0 Å². The lowest BCUT2D eigenvalue weighted by Gasteiger charge is -2.11. The summed E-state index contributed by atoms with van der Waals surface area (Å²) in [6.07, 6.45) is 1.09. The number of anilines is 2. The molecule has 1 aliphatic heterocycles. The van der Waals surface area contributed by atoms with E-state index < -0.39 is 11.9 Å². The number of rotatable bonds is 6. The molecule has 8 heteroatoms. The van der Waals surface area contributed by atoms with Crippen LogP contribution in [0.3, 0.4) is 0 Å². The Morgan fingerprint density at radius 3 is 2.52 bits per heavy atom. The Morgan fingerprint density at radius 2 is 1.85 bits per heavy atom. The highest BCUT2D eigenvalue weighted by atomic mass is 32.2. The average Bonchev–Trinajstić information content (AvgIpc) is 3.18. The Balaban J connectivity index is 1.62. The molecule has 1 unspecified atom stereocenters. The van der Waals surface area contributed by atoms with E-state index in [2.05, 4.69) is 10.6 Å².